The topological polar surface area (TPSA) is 54.5 Å². The highest BCUT2D eigenvalue weighted by Gasteiger charge is 2.02. The summed E-state index contributed by atoms with van der Waals surface area (Å²) in [7, 11) is 0. The number of nitrogens with zero attached hydrogens (tertiary/aromatic N) is 4. The predicted molar refractivity (Wildman–Crippen MR) is 46.1 cm³/mol. The Balaban J connectivity index is 2.59. The third-order valence-corrected chi connectivity index (χ3v) is 1.67. The summed E-state index contributed by atoms with van der Waals surface area (Å²) in [6.45, 7) is 0. The first kappa shape index (κ1) is 7.50. The fourth-order valence-corrected chi connectivity index (χ4v) is 1.08. The Labute approximate surface area is 75.1 Å². The Morgan fingerprint density at radius 1 is 1.38 bits per heavy atom. The molecule has 0 spiro atoms. The molecule has 0 amide bonds. The van der Waals surface area contributed by atoms with Gasteiger partial charge in [-0.05, 0) is 12.1 Å². The van der Waals surface area contributed by atoms with Crippen LogP contribution in [0.15, 0.2) is 36.9 Å². The second-order valence-electron chi connectivity index (χ2n) is 2.46. The third-order valence-electron chi connectivity index (χ3n) is 1.67. The number of rotatable bonds is 1. The van der Waals surface area contributed by atoms with Gasteiger partial charge in [0.15, 0.2) is 0 Å². The number of nitriles is 1. The van der Waals surface area contributed by atoms with Gasteiger partial charge in [0.25, 0.3) is 0 Å². The SMILES string of the molecule is N#Cc1cnccc1-n1cccn1. The first-order valence-corrected chi connectivity index (χ1v) is 3.76. The molecule has 0 unspecified atom stereocenters. The molecule has 0 saturated carbocycles. The van der Waals surface area contributed by atoms with Crippen molar-refractivity contribution in [2.45, 2.75) is 0 Å². The van der Waals surface area contributed by atoms with Crippen molar-refractivity contribution in [3.05, 3.63) is 42.5 Å². The monoisotopic (exact) mass is 170 g/mol. The van der Waals surface area contributed by atoms with Crippen LogP contribution in [-0.2, 0) is 0 Å². The standard InChI is InChI=1S/C9H6N4/c10-6-8-7-11-4-2-9(8)13-5-1-3-12-13/h1-5,7H. The number of aromatic nitrogens is 3. The Hall–Kier alpha value is -2.15. The van der Waals surface area contributed by atoms with E-state index in [1.165, 1.54) is 6.20 Å². The Kier molecular flexibility index (Phi) is 1.77. The van der Waals surface area contributed by atoms with Crippen LogP contribution in [0.2, 0.25) is 0 Å². The van der Waals surface area contributed by atoms with E-state index in [9.17, 15) is 0 Å². The summed E-state index contributed by atoms with van der Waals surface area (Å²) in [6.07, 6.45) is 6.62. The van der Waals surface area contributed by atoms with Crippen molar-refractivity contribution in [2.75, 3.05) is 0 Å². The van der Waals surface area contributed by atoms with E-state index in [0.717, 1.165) is 5.69 Å². The first-order valence-electron chi connectivity index (χ1n) is 3.76. The predicted octanol–water partition coefficient (Wildman–Crippen LogP) is 1.14. The lowest BCUT2D eigenvalue weighted by Crippen LogP contribution is -1.97. The third kappa shape index (κ3) is 1.27. The minimum absolute atomic E-state index is 0.520. The summed E-state index contributed by atoms with van der Waals surface area (Å²) in [6, 6.07) is 5.62. The molecule has 2 heterocycles. The molecule has 0 saturated heterocycles. The number of hydrogen-bond donors (Lipinski definition) is 0. The molecule has 0 aliphatic heterocycles. The lowest BCUT2D eigenvalue weighted by Gasteiger charge is -2.01. The Morgan fingerprint density at radius 3 is 3.00 bits per heavy atom. The normalized spacial score (nSPS) is 9.46. The zero-order chi connectivity index (χ0) is 9.10. The molecule has 2 aromatic rings. The van der Waals surface area contributed by atoms with E-state index >= 15 is 0 Å². The molecule has 0 radical (unpaired) electrons. The van der Waals surface area contributed by atoms with Gasteiger partial charge in [-0.1, -0.05) is 0 Å². The van der Waals surface area contributed by atoms with Crippen LogP contribution in [0.1, 0.15) is 5.56 Å². The minimum Gasteiger partial charge on any atom is -0.263 e. The molecule has 0 aliphatic rings. The van der Waals surface area contributed by atoms with E-state index in [-0.39, 0.29) is 0 Å². The average molecular weight is 170 g/mol. The van der Waals surface area contributed by atoms with Gasteiger partial charge < -0.3 is 0 Å². The highest BCUT2D eigenvalue weighted by Crippen LogP contribution is 2.09. The summed E-state index contributed by atoms with van der Waals surface area (Å²) in [5.41, 5.74) is 1.27. The summed E-state index contributed by atoms with van der Waals surface area (Å²) in [5.74, 6) is 0. The molecular formula is C9H6N4. The van der Waals surface area contributed by atoms with Gasteiger partial charge in [0.05, 0.1) is 11.3 Å². The highest BCUT2D eigenvalue weighted by molar-refractivity contribution is 5.45. The van der Waals surface area contributed by atoms with Crippen LogP contribution in [-0.4, -0.2) is 14.8 Å². The second-order valence-corrected chi connectivity index (χ2v) is 2.46. The highest BCUT2D eigenvalue weighted by atomic mass is 15.3. The maximum Gasteiger partial charge on any atom is 0.103 e. The number of hydrogen-bond acceptors (Lipinski definition) is 3. The van der Waals surface area contributed by atoms with E-state index in [4.69, 9.17) is 5.26 Å². The lowest BCUT2D eigenvalue weighted by atomic mass is 10.2. The van der Waals surface area contributed by atoms with Crippen molar-refractivity contribution in [3.63, 3.8) is 0 Å². The molecule has 0 aromatic carbocycles. The van der Waals surface area contributed by atoms with Crippen LogP contribution in [0, 0.1) is 11.3 Å². The molecule has 4 heteroatoms. The van der Waals surface area contributed by atoms with Gasteiger partial charge in [-0.2, -0.15) is 10.4 Å². The van der Waals surface area contributed by atoms with Crippen LogP contribution in [0.3, 0.4) is 0 Å². The summed E-state index contributed by atoms with van der Waals surface area (Å²) in [4.78, 5) is 3.86. The molecule has 2 rings (SSSR count). The quantitative estimate of drug-likeness (QED) is 0.644. The van der Waals surface area contributed by atoms with Gasteiger partial charge in [-0.15, -0.1) is 0 Å². The van der Waals surface area contributed by atoms with Gasteiger partial charge in [0.2, 0.25) is 0 Å². The van der Waals surface area contributed by atoms with Crippen LogP contribution in [0.25, 0.3) is 5.69 Å². The second kappa shape index (κ2) is 3.07. The van der Waals surface area contributed by atoms with Gasteiger partial charge in [-0.25, -0.2) is 4.68 Å². The smallest absolute Gasteiger partial charge is 0.103 e. The van der Waals surface area contributed by atoms with E-state index in [0.29, 0.717) is 5.56 Å². The van der Waals surface area contributed by atoms with Crippen LogP contribution in [0.4, 0.5) is 0 Å². The largest absolute Gasteiger partial charge is 0.263 e. The Bertz CT molecular complexity index is 439. The van der Waals surface area contributed by atoms with Gasteiger partial charge in [0, 0.05) is 24.8 Å². The molecule has 0 aliphatic carbocycles. The van der Waals surface area contributed by atoms with Gasteiger partial charge in [-0.3, -0.25) is 4.98 Å². The van der Waals surface area contributed by atoms with Gasteiger partial charge >= 0.3 is 0 Å². The maximum absolute atomic E-state index is 8.79. The first-order chi connectivity index (χ1) is 6.42. The fraction of sp³-hybridized carbons (Fsp3) is 0. The van der Waals surface area contributed by atoms with E-state index < -0.39 is 0 Å². The maximum atomic E-state index is 8.79. The van der Waals surface area contributed by atoms with Crippen molar-refractivity contribution >= 4 is 0 Å². The molecule has 0 bridgehead atoms. The summed E-state index contributed by atoms with van der Waals surface area (Å²) < 4.78 is 1.64. The Morgan fingerprint density at radius 2 is 2.31 bits per heavy atom. The molecule has 4 nitrogen and oxygen atoms in total. The minimum atomic E-state index is 0.520. The molecule has 13 heavy (non-hydrogen) atoms. The fourth-order valence-electron chi connectivity index (χ4n) is 1.08. The van der Waals surface area contributed by atoms with Crippen molar-refractivity contribution in [1.82, 2.24) is 14.8 Å². The molecule has 62 valence electrons. The van der Waals surface area contributed by atoms with Crippen LogP contribution in [0.5, 0.6) is 0 Å². The van der Waals surface area contributed by atoms with E-state index in [1.54, 1.807) is 29.3 Å². The zero-order valence-electron chi connectivity index (χ0n) is 6.75. The van der Waals surface area contributed by atoms with E-state index in [1.807, 2.05) is 6.07 Å². The van der Waals surface area contributed by atoms with Crippen molar-refractivity contribution < 1.29 is 0 Å². The summed E-state index contributed by atoms with van der Waals surface area (Å²) >= 11 is 0. The lowest BCUT2D eigenvalue weighted by molar-refractivity contribution is 0.874. The van der Waals surface area contributed by atoms with Crippen LogP contribution >= 0.6 is 0 Å². The van der Waals surface area contributed by atoms with Crippen LogP contribution < -0.4 is 0 Å². The average Bonchev–Trinajstić information content (AvgIpc) is 2.70. The number of pyridine rings is 1. The molecule has 0 atom stereocenters. The van der Waals surface area contributed by atoms with Crippen molar-refractivity contribution in [1.29, 1.82) is 5.26 Å². The van der Waals surface area contributed by atoms with Gasteiger partial charge in [0.1, 0.15) is 6.07 Å². The molecule has 0 N–H and O–H groups in total. The molecule has 2 aromatic heterocycles. The van der Waals surface area contributed by atoms with Crippen molar-refractivity contribution in [3.8, 4) is 11.8 Å². The molecular weight excluding hydrogens is 164 g/mol. The summed E-state index contributed by atoms with van der Waals surface area (Å²) in [5, 5.41) is 12.8. The van der Waals surface area contributed by atoms with E-state index in [2.05, 4.69) is 16.2 Å². The molecule has 0 fully saturated rings. The zero-order valence-corrected chi connectivity index (χ0v) is 6.75. The van der Waals surface area contributed by atoms with Crippen molar-refractivity contribution in [2.24, 2.45) is 0 Å².